The number of carbonyl (C=O) groups is 1. The molecule has 2 saturated heterocycles. The SMILES string of the molecule is COc1nc(-c2cccc(-c3cccc(-c4ccn5c(=O)c(CNC[C@H]6CCO6)cnc5c4)c3Cl)c2Cl)ccc1CNC[C@H]1CCC(=O)N1. The zero-order valence-electron chi connectivity index (χ0n) is 27.0. The second-order valence-electron chi connectivity index (χ2n) is 12.3. The molecule has 2 fully saturated rings. The summed E-state index contributed by atoms with van der Waals surface area (Å²) in [5.74, 6) is 0.595. The van der Waals surface area contributed by atoms with Crippen LogP contribution in [0, 0.1) is 0 Å². The molecule has 0 bridgehead atoms. The maximum atomic E-state index is 13.2. The highest BCUT2D eigenvalue weighted by molar-refractivity contribution is 6.39. The maximum Gasteiger partial charge on any atom is 0.262 e. The van der Waals surface area contributed by atoms with Crippen LogP contribution in [0.4, 0.5) is 0 Å². The van der Waals surface area contributed by atoms with E-state index >= 15 is 0 Å². The van der Waals surface area contributed by atoms with Gasteiger partial charge in [0.05, 0.1) is 29.0 Å². The topological polar surface area (TPSA) is 119 Å². The minimum Gasteiger partial charge on any atom is -0.481 e. The number of carbonyl (C=O) groups excluding carboxylic acids is 1. The fourth-order valence-electron chi connectivity index (χ4n) is 6.26. The van der Waals surface area contributed by atoms with Crippen molar-refractivity contribution < 1.29 is 14.3 Å². The third-order valence-electron chi connectivity index (χ3n) is 9.06. The van der Waals surface area contributed by atoms with Crippen molar-refractivity contribution >= 4 is 34.8 Å². The third kappa shape index (κ3) is 7.06. The minimum atomic E-state index is -0.115. The van der Waals surface area contributed by atoms with E-state index in [1.807, 2.05) is 60.7 Å². The lowest BCUT2D eigenvalue weighted by molar-refractivity contribution is -0.119. The van der Waals surface area contributed by atoms with Crippen LogP contribution in [0.15, 0.2) is 77.9 Å². The highest BCUT2D eigenvalue weighted by atomic mass is 35.5. The van der Waals surface area contributed by atoms with Gasteiger partial charge in [-0.1, -0.05) is 65.7 Å². The summed E-state index contributed by atoms with van der Waals surface area (Å²) >= 11 is 14.2. The van der Waals surface area contributed by atoms with E-state index in [2.05, 4.69) is 20.9 Å². The number of fused-ring (bicyclic) bond motifs is 1. The summed E-state index contributed by atoms with van der Waals surface area (Å²) in [4.78, 5) is 34.0. The van der Waals surface area contributed by atoms with Gasteiger partial charge in [-0.3, -0.25) is 14.0 Å². The Bertz CT molecular complexity index is 2080. The molecule has 5 aromatic rings. The summed E-state index contributed by atoms with van der Waals surface area (Å²) in [6, 6.07) is 19.4. The summed E-state index contributed by atoms with van der Waals surface area (Å²) in [6.45, 7) is 3.16. The number of nitrogens with one attached hydrogen (secondary N) is 3. The number of pyridine rings is 2. The maximum absolute atomic E-state index is 13.2. The predicted octanol–water partition coefficient (Wildman–Crippen LogP) is 5.65. The van der Waals surface area contributed by atoms with Gasteiger partial charge in [-0.15, -0.1) is 0 Å². The largest absolute Gasteiger partial charge is 0.481 e. The van der Waals surface area contributed by atoms with Crippen LogP contribution in [0.1, 0.15) is 30.4 Å². The van der Waals surface area contributed by atoms with Gasteiger partial charge < -0.3 is 25.4 Å². The number of benzene rings is 2. The van der Waals surface area contributed by atoms with E-state index in [4.69, 9.17) is 37.7 Å². The predicted molar refractivity (Wildman–Crippen MR) is 191 cm³/mol. The summed E-state index contributed by atoms with van der Waals surface area (Å²) in [6.07, 6.45) is 6.02. The molecule has 2 aliphatic rings. The van der Waals surface area contributed by atoms with Crippen molar-refractivity contribution in [1.82, 2.24) is 30.3 Å². The number of nitrogens with zero attached hydrogens (tertiary/aromatic N) is 3. The number of amides is 1. The van der Waals surface area contributed by atoms with Crippen LogP contribution in [0.2, 0.25) is 10.0 Å². The van der Waals surface area contributed by atoms with E-state index in [0.717, 1.165) is 52.8 Å². The van der Waals surface area contributed by atoms with Gasteiger partial charge in [0.1, 0.15) is 5.65 Å². The van der Waals surface area contributed by atoms with Crippen LogP contribution in [-0.2, 0) is 22.6 Å². The average molecular weight is 700 g/mol. The van der Waals surface area contributed by atoms with Crippen LogP contribution < -0.4 is 26.2 Å². The van der Waals surface area contributed by atoms with Gasteiger partial charge in [0.25, 0.3) is 5.56 Å². The van der Waals surface area contributed by atoms with Crippen molar-refractivity contribution in [3.8, 4) is 39.4 Å². The first kappa shape index (κ1) is 33.2. The molecular formula is C37H36Cl2N6O4. The zero-order valence-corrected chi connectivity index (χ0v) is 28.5. The lowest BCUT2D eigenvalue weighted by Crippen LogP contribution is -2.37. The molecule has 3 N–H and O–H groups in total. The zero-order chi connectivity index (χ0) is 33.9. The van der Waals surface area contributed by atoms with E-state index in [-0.39, 0.29) is 23.6 Å². The number of rotatable bonds is 12. The Hall–Kier alpha value is -4.32. The molecule has 1 amide bonds. The molecule has 3 aromatic heterocycles. The molecule has 49 heavy (non-hydrogen) atoms. The van der Waals surface area contributed by atoms with E-state index in [1.54, 1.807) is 23.9 Å². The summed E-state index contributed by atoms with van der Waals surface area (Å²) in [5.41, 5.74) is 6.45. The van der Waals surface area contributed by atoms with Crippen LogP contribution in [-0.4, -0.2) is 59.2 Å². The Kier molecular flexibility index (Phi) is 9.93. The first-order valence-electron chi connectivity index (χ1n) is 16.3. The molecule has 12 heteroatoms. The lowest BCUT2D eigenvalue weighted by Gasteiger charge is -2.26. The smallest absolute Gasteiger partial charge is 0.262 e. The number of hydrogen-bond acceptors (Lipinski definition) is 8. The molecule has 0 radical (unpaired) electrons. The summed E-state index contributed by atoms with van der Waals surface area (Å²) in [7, 11) is 1.60. The fraction of sp³-hybridized carbons (Fsp3) is 0.297. The Balaban J connectivity index is 1.12. The molecule has 5 heterocycles. The van der Waals surface area contributed by atoms with Crippen molar-refractivity contribution in [3.05, 3.63) is 105 Å². The molecule has 2 aliphatic heterocycles. The Morgan fingerprint density at radius 1 is 0.918 bits per heavy atom. The molecule has 0 unspecified atom stereocenters. The van der Waals surface area contributed by atoms with Crippen molar-refractivity contribution in [1.29, 1.82) is 0 Å². The van der Waals surface area contributed by atoms with E-state index in [1.165, 1.54) is 0 Å². The first-order chi connectivity index (χ1) is 23.9. The number of hydrogen-bond donors (Lipinski definition) is 3. The van der Waals surface area contributed by atoms with E-state index < -0.39 is 0 Å². The van der Waals surface area contributed by atoms with Crippen molar-refractivity contribution in [2.75, 3.05) is 26.8 Å². The fourth-order valence-corrected chi connectivity index (χ4v) is 6.92. The van der Waals surface area contributed by atoms with Gasteiger partial charge in [-0.25, -0.2) is 9.97 Å². The van der Waals surface area contributed by atoms with Gasteiger partial charge in [0.2, 0.25) is 11.8 Å². The second-order valence-corrected chi connectivity index (χ2v) is 13.0. The molecule has 252 valence electrons. The number of aromatic nitrogens is 3. The van der Waals surface area contributed by atoms with Crippen LogP contribution in [0.5, 0.6) is 5.88 Å². The summed E-state index contributed by atoms with van der Waals surface area (Å²) < 4.78 is 12.6. The molecular weight excluding hydrogens is 663 g/mol. The van der Waals surface area contributed by atoms with E-state index in [0.29, 0.717) is 65.4 Å². The molecule has 0 aliphatic carbocycles. The highest BCUT2D eigenvalue weighted by Crippen LogP contribution is 2.42. The first-order valence-corrected chi connectivity index (χ1v) is 17.1. The number of ether oxygens (including phenoxy) is 2. The normalized spacial score (nSPS) is 17.2. The van der Waals surface area contributed by atoms with Gasteiger partial charge >= 0.3 is 0 Å². The standard InChI is InChI=1S/C37H36Cl2N6O4/c1-48-36-23(17-40-20-25-9-11-33(46)43-25)8-10-31(44-36)30-7-3-6-29(35(30)39)28-5-2-4-27(34(28)38)22-12-14-45-32(16-22)42-19-24(37(45)47)18-41-21-26-13-15-49-26/h2-8,10,12,14,16,19,25-26,40-41H,9,11,13,15,17-18,20-21H2,1H3,(H,43,46)/t25-,26-/m1/s1. The molecule has 0 spiro atoms. The molecule has 0 saturated carbocycles. The van der Waals surface area contributed by atoms with Crippen LogP contribution in [0.3, 0.4) is 0 Å². The monoisotopic (exact) mass is 698 g/mol. The quantitative estimate of drug-likeness (QED) is 0.153. The lowest BCUT2D eigenvalue weighted by atomic mass is 9.97. The molecule has 7 rings (SSSR count). The second kappa shape index (κ2) is 14.7. The highest BCUT2D eigenvalue weighted by Gasteiger charge is 2.21. The van der Waals surface area contributed by atoms with Crippen molar-refractivity contribution in [3.63, 3.8) is 0 Å². The van der Waals surface area contributed by atoms with Crippen LogP contribution >= 0.6 is 23.2 Å². The average Bonchev–Trinajstić information content (AvgIpc) is 3.51. The molecule has 10 nitrogen and oxygen atoms in total. The number of methoxy groups -OCH3 is 1. The van der Waals surface area contributed by atoms with E-state index in [9.17, 15) is 9.59 Å². The van der Waals surface area contributed by atoms with Gasteiger partial charge in [0, 0.05) is 91.0 Å². The minimum absolute atomic E-state index is 0.0969. The Morgan fingerprint density at radius 2 is 1.63 bits per heavy atom. The molecule has 2 aromatic carbocycles. The summed E-state index contributed by atoms with van der Waals surface area (Å²) in [5, 5.41) is 10.7. The van der Waals surface area contributed by atoms with Crippen molar-refractivity contribution in [2.24, 2.45) is 0 Å². The van der Waals surface area contributed by atoms with Gasteiger partial charge in [0.15, 0.2) is 0 Å². The van der Waals surface area contributed by atoms with Crippen molar-refractivity contribution in [2.45, 2.75) is 44.5 Å². The molecule has 2 atom stereocenters. The van der Waals surface area contributed by atoms with Gasteiger partial charge in [-0.2, -0.15) is 0 Å². The van der Waals surface area contributed by atoms with Crippen LogP contribution in [0.25, 0.3) is 39.2 Å². The Labute approximate surface area is 293 Å². The number of halogens is 2. The third-order valence-corrected chi connectivity index (χ3v) is 9.87. The van der Waals surface area contributed by atoms with Gasteiger partial charge in [-0.05, 0) is 36.6 Å². The Morgan fingerprint density at radius 3 is 2.35 bits per heavy atom.